The number of allylic oxidation sites excluding steroid dienone is 3. The SMILES string of the molecule is CC=COC(COC(=O)c1cc(C(=O)O)cc(C(=O)O)c1)(OC=CC)OC=CC. The van der Waals surface area contributed by atoms with Crippen molar-refractivity contribution in [2.75, 3.05) is 6.61 Å². The highest BCUT2D eigenvalue weighted by Crippen LogP contribution is 2.20. The van der Waals surface area contributed by atoms with Crippen molar-refractivity contribution in [3.05, 3.63) is 71.9 Å². The molecule has 1 aromatic rings. The topological polar surface area (TPSA) is 129 Å². The maximum absolute atomic E-state index is 12.4. The van der Waals surface area contributed by atoms with Crippen LogP contribution in [-0.2, 0) is 18.9 Å². The molecule has 2 N–H and O–H groups in total. The van der Waals surface area contributed by atoms with Crippen LogP contribution in [-0.4, -0.2) is 40.7 Å². The van der Waals surface area contributed by atoms with E-state index in [4.69, 9.17) is 29.2 Å². The molecule has 0 unspecified atom stereocenters. The van der Waals surface area contributed by atoms with E-state index < -0.39 is 30.5 Å². The molecule has 0 atom stereocenters. The quantitative estimate of drug-likeness (QED) is 0.322. The number of benzene rings is 1. The number of carboxylic acid groups (broad SMARTS) is 2. The molecule has 0 spiro atoms. The van der Waals surface area contributed by atoms with E-state index in [1.807, 2.05) is 0 Å². The Labute approximate surface area is 167 Å². The van der Waals surface area contributed by atoms with Crippen molar-refractivity contribution in [3.63, 3.8) is 0 Å². The zero-order valence-corrected chi connectivity index (χ0v) is 16.2. The number of ether oxygens (including phenoxy) is 4. The van der Waals surface area contributed by atoms with Crippen molar-refractivity contribution < 1.29 is 43.5 Å². The van der Waals surface area contributed by atoms with Gasteiger partial charge in [0, 0.05) is 0 Å². The Kier molecular flexibility index (Phi) is 8.97. The third kappa shape index (κ3) is 7.06. The first-order valence-electron chi connectivity index (χ1n) is 8.44. The van der Waals surface area contributed by atoms with Crippen LogP contribution in [0.1, 0.15) is 51.8 Å². The molecule has 0 amide bonds. The van der Waals surface area contributed by atoms with Crippen molar-refractivity contribution in [1.82, 2.24) is 0 Å². The highest BCUT2D eigenvalue weighted by atomic mass is 16.9. The van der Waals surface area contributed by atoms with Gasteiger partial charge in [-0.05, 0) is 39.0 Å². The number of esters is 1. The summed E-state index contributed by atoms with van der Waals surface area (Å²) in [6, 6.07) is 2.95. The summed E-state index contributed by atoms with van der Waals surface area (Å²) in [5, 5.41) is 18.2. The van der Waals surface area contributed by atoms with Gasteiger partial charge in [-0.3, -0.25) is 0 Å². The molecule has 0 fully saturated rings. The summed E-state index contributed by atoms with van der Waals surface area (Å²) in [5.74, 6) is -5.61. The Bertz CT molecular complexity index is 753. The highest BCUT2D eigenvalue weighted by Gasteiger charge is 2.37. The molecule has 0 aliphatic rings. The van der Waals surface area contributed by atoms with E-state index in [0.29, 0.717) is 0 Å². The number of carbonyl (C=O) groups excluding carboxylic acids is 1. The number of carboxylic acids is 2. The van der Waals surface area contributed by atoms with Gasteiger partial charge in [0.2, 0.25) is 6.61 Å². The van der Waals surface area contributed by atoms with E-state index in [1.165, 1.54) is 18.8 Å². The van der Waals surface area contributed by atoms with Crippen molar-refractivity contribution >= 4 is 17.9 Å². The average molecular weight is 406 g/mol. The van der Waals surface area contributed by atoms with Crippen LogP contribution in [0.2, 0.25) is 0 Å². The van der Waals surface area contributed by atoms with E-state index in [-0.39, 0.29) is 16.7 Å². The Morgan fingerprint density at radius 3 is 1.52 bits per heavy atom. The molecule has 0 radical (unpaired) electrons. The highest BCUT2D eigenvalue weighted by molar-refractivity contribution is 5.99. The fraction of sp³-hybridized carbons (Fsp3) is 0.250. The molecule has 0 saturated heterocycles. The molecule has 0 saturated carbocycles. The van der Waals surface area contributed by atoms with Gasteiger partial charge in [0.25, 0.3) is 0 Å². The zero-order chi connectivity index (χ0) is 21.9. The Balaban J connectivity index is 3.16. The second-order valence-corrected chi connectivity index (χ2v) is 5.43. The molecule has 0 heterocycles. The van der Waals surface area contributed by atoms with Gasteiger partial charge < -0.3 is 29.2 Å². The lowest BCUT2D eigenvalue weighted by Gasteiger charge is -2.29. The summed E-state index contributed by atoms with van der Waals surface area (Å²) in [4.78, 5) is 34.8. The monoisotopic (exact) mass is 406 g/mol. The fourth-order valence-electron chi connectivity index (χ4n) is 1.93. The van der Waals surface area contributed by atoms with Crippen molar-refractivity contribution in [2.24, 2.45) is 0 Å². The first kappa shape index (κ1) is 23.3. The van der Waals surface area contributed by atoms with Gasteiger partial charge in [-0.25, -0.2) is 14.4 Å². The average Bonchev–Trinajstić information content (AvgIpc) is 2.72. The van der Waals surface area contributed by atoms with Crippen molar-refractivity contribution in [1.29, 1.82) is 0 Å². The number of hydrogen-bond acceptors (Lipinski definition) is 7. The number of aromatic carboxylic acids is 2. The molecule has 9 heteroatoms. The maximum Gasteiger partial charge on any atom is 0.452 e. The lowest BCUT2D eigenvalue weighted by Crippen LogP contribution is -2.41. The van der Waals surface area contributed by atoms with Crippen LogP contribution in [0.4, 0.5) is 0 Å². The van der Waals surface area contributed by atoms with Gasteiger partial charge in [-0.1, -0.05) is 18.2 Å². The largest absolute Gasteiger partial charge is 0.478 e. The van der Waals surface area contributed by atoms with Gasteiger partial charge in [0.1, 0.15) is 0 Å². The lowest BCUT2D eigenvalue weighted by molar-refractivity contribution is -0.331. The molecule has 0 aliphatic heterocycles. The standard InChI is InChI=1S/C20H22O9/c1-4-7-27-20(28-8-5-2,29-9-6-3)13-26-19(25)16-11-14(17(21)22)10-15(12-16)18(23)24/h4-12H,13H2,1-3H3,(H,21,22)(H,23,24). The summed E-state index contributed by atoms with van der Waals surface area (Å²) >= 11 is 0. The van der Waals surface area contributed by atoms with E-state index in [0.717, 1.165) is 18.2 Å². The van der Waals surface area contributed by atoms with E-state index in [2.05, 4.69) is 0 Å². The molecular formula is C20H22O9. The van der Waals surface area contributed by atoms with Crippen LogP contribution in [0.25, 0.3) is 0 Å². The van der Waals surface area contributed by atoms with E-state index in [9.17, 15) is 14.4 Å². The molecular weight excluding hydrogens is 384 g/mol. The summed E-state index contributed by atoms with van der Waals surface area (Å²) < 4.78 is 21.4. The molecule has 29 heavy (non-hydrogen) atoms. The third-order valence-electron chi connectivity index (χ3n) is 3.19. The van der Waals surface area contributed by atoms with E-state index in [1.54, 1.807) is 39.0 Å². The molecule has 0 aliphatic carbocycles. The molecule has 156 valence electrons. The number of hydrogen-bond donors (Lipinski definition) is 2. The Morgan fingerprint density at radius 1 is 0.793 bits per heavy atom. The molecule has 1 aromatic carbocycles. The molecule has 0 bridgehead atoms. The smallest absolute Gasteiger partial charge is 0.452 e. The van der Waals surface area contributed by atoms with E-state index >= 15 is 0 Å². The van der Waals surface area contributed by atoms with Crippen LogP contribution >= 0.6 is 0 Å². The van der Waals surface area contributed by atoms with Gasteiger partial charge >= 0.3 is 23.9 Å². The van der Waals surface area contributed by atoms with Gasteiger partial charge in [-0.2, -0.15) is 0 Å². The third-order valence-corrected chi connectivity index (χ3v) is 3.19. The summed E-state index contributed by atoms with van der Waals surface area (Å²) in [7, 11) is 0. The summed E-state index contributed by atoms with van der Waals surface area (Å²) in [5.41, 5.74) is -1.01. The number of carbonyl (C=O) groups is 3. The first-order chi connectivity index (χ1) is 13.8. The Morgan fingerprint density at radius 2 is 1.17 bits per heavy atom. The predicted octanol–water partition coefficient (Wildman–Crippen LogP) is 3.54. The molecule has 0 aromatic heterocycles. The van der Waals surface area contributed by atoms with Crippen LogP contribution in [0.15, 0.2) is 55.2 Å². The van der Waals surface area contributed by atoms with Crippen molar-refractivity contribution in [3.8, 4) is 0 Å². The minimum atomic E-state index is -1.85. The predicted molar refractivity (Wildman–Crippen MR) is 101 cm³/mol. The fourth-order valence-corrected chi connectivity index (χ4v) is 1.93. The maximum atomic E-state index is 12.4. The normalized spacial score (nSPS) is 13.3. The van der Waals surface area contributed by atoms with Crippen LogP contribution in [0.5, 0.6) is 0 Å². The van der Waals surface area contributed by atoms with Crippen LogP contribution in [0.3, 0.4) is 0 Å². The van der Waals surface area contributed by atoms with Gasteiger partial charge in [0.05, 0.1) is 35.5 Å². The summed E-state index contributed by atoms with van der Waals surface area (Å²) in [6.45, 7) is 4.51. The van der Waals surface area contributed by atoms with Crippen molar-refractivity contribution in [2.45, 2.75) is 26.7 Å². The van der Waals surface area contributed by atoms with Gasteiger partial charge in [0.15, 0.2) is 0 Å². The number of rotatable bonds is 11. The Hall–Kier alpha value is -3.75. The zero-order valence-electron chi connectivity index (χ0n) is 16.2. The second kappa shape index (κ2) is 11.2. The van der Waals surface area contributed by atoms with Crippen LogP contribution < -0.4 is 0 Å². The first-order valence-corrected chi connectivity index (χ1v) is 8.44. The lowest BCUT2D eigenvalue weighted by atomic mass is 10.1. The van der Waals surface area contributed by atoms with Gasteiger partial charge in [-0.15, -0.1) is 0 Å². The van der Waals surface area contributed by atoms with Crippen LogP contribution in [0, 0.1) is 0 Å². The minimum Gasteiger partial charge on any atom is -0.478 e. The molecule has 9 nitrogen and oxygen atoms in total. The minimum absolute atomic E-state index is 0.265. The second-order valence-electron chi connectivity index (χ2n) is 5.43. The summed E-state index contributed by atoms with van der Waals surface area (Å²) in [6.07, 6.45) is 8.50. The molecule has 1 rings (SSSR count).